The third kappa shape index (κ3) is 2.79. The van der Waals surface area contributed by atoms with E-state index < -0.39 is 41.5 Å². The number of hydrogen-bond acceptors (Lipinski definition) is 9. The van der Waals surface area contributed by atoms with Gasteiger partial charge in [0.2, 0.25) is 0 Å². The van der Waals surface area contributed by atoms with Crippen LogP contribution in [0.5, 0.6) is 0 Å². The predicted molar refractivity (Wildman–Crippen MR) is 70.3 cm³/mol. The van der Waals surface area contributed by atoms with Gasteiger partial charge in [0.25, 0.3) is 0 Å². The van der Waals surface area contributed by atoms with Gasteiger partial charge in [0.15, 0.2) is 11.9 Å². The minimum Gasteiger partial charge on any atom is -0.387 e. The molecule has 4 atom stereocenters. The normalized spacial score (nSPS) is 29.2. The lowest BCUT2D eigenvalue weighted by molar-refractivity contribution is -0.0467. The minimum absolute atomic E-state index is 0.402. The number of imidazole rings is 1. The first-order valence-electron chi connectivity index (χ1n) is 6.18. The van der Waals surface area contributed by atoms with Crippen molar-refractivity contribution >= 4 is 21.5 Å². The van der Waals surface area contributed by atoms with Crippen molar-refractivity contribution in [3.05, 3.63) is 18.9 Å². The summed E-state index contributed by atoms with van der Waals surface area (Å²) < 4.78 is 32.8. The predicted octanol–water partition coefficient (Wildman–Crippen LogP) is -2.33. The first-order valence-corrected chi connectivity index (χ1v) is 7.65. The van der Waals surface area contributed by atoms with Crippen molar-refractivity contribution in [1.29, 1.82) is 0 Å². The smallest absolute Gasteiger partial charge is 0.333 e. The van der Waals surface area contributed by atoms with E-state index in [-0.39, 0.29) is 0 Å². The number of aliphatic hydroxyl groups excluding tert-OH is 2. The maximum atomic E-state index is 10.8. The van der Waals surface area contributed by atoms with Gasteiger partial charge >= 0.3 is 10.3 Å². The van der Waals surface area contributed by atoms with Gasteiger partial charge in [0.1, 0.15) is 30.2 Å². The monoisotopic (exact) mass is 331 g/mol. The minimum atomic E-state index is -4.17. The molecule has 1 aliphatic rings. The molecule has 3 rings (SSSR count). The van der Waals surface area contributed by atoms with Crippen LogP contribution in [0.3, 0.4) is 0 Å². The van der Waals surface area contributed by atoms with E-state index in [1.807, 2.05) is 0 Å². The third-order valence-electron chi connectivity index (χ3n) is 3.25. The molecule has 1 aliphatic heterocycles. The Balaban J connectivity index is 1.83. The summed E-state index contributed by atoms with van der Waals surface area (Å²) in [7, 11) is -4.17. The van der Waals surface area contributed by atoms with Crippen molar-refractivity contribution in [2.75, 3.05) is 6.61 Å². The Morgan fingerprint density at radius 1 is 1.36 bits per heavy atom. The molecule has 12 heteroatoms. The maximum absolute atomic E-state index is 10.8. The van der Waals surface area contributed by atoms with Crippen molar-refractivity contribution in [2.45, 2.75) is 24.5 Å². The van der Waals surface area contributed by atoms with Crippen LogP contribution < -0.4 is 5.14 Å². The highest BCUT2D eigenvalue weighted by Crippen LogP contribution is 2.31. The first-order chi connectivity index (χ1) is 10.4. The molecule has 4 N–H and O–H groups in total. The van der Waals surface area contributed by atoms with Crippen LogP contribution in [-0.4, -0.2) is 63.1 Å². The maximum Gasteiger partial charge on any atom is 0.333 e. The Morgan fingerprint density at radius 2 is 2.14 bits per heavy atom. The number of hydrogen-bond donors (Lipinski definition) is 3. The molecule has 2 aromatic rings. The van der Waals surface area contributed by atoms with Crippen molar-refractivity contribution in [2.24, 2.45) is 5.14 Å². The SMILES string of the molecule is NS(=O)(=O)OCC1OC(n2cnc3cncnc32)C(O)C1O. The Bertz CT molecular complexity index is 779. The number of ether oxygens (including phenoxy) is 1. The number of rotatable bonds is 4. The van der Waals surface area contributed by atoms with Gasteiger partial charge in [0, 0.05) is 0 Å². The fraction of sp³-hybridized carbons (Fsp3) is 0.500. The number of fused-ring (bicyclic) bond motifs is 1. The van der Waals surface area contributed by atoms with Crippen LogP contribution in [-0.2, 0) is 19.2 Å². The largest absolute Gasteiger partial charge is 0.387 e. The molecule has 0 amide bonds. The van der Waals surface area contributed by atoms with E-state index in [1.165, 1.54) is 23.4 Å². The second kappa shape index (κ2) is 5.49. The molecule has 4 unspecified atom stereocenters. The summed E-state index contributed by atoms with van der Waals surface area (Å²) in [6.45, 7) is -0.519. The molecule has 0 radical (unpaired) electrons. The topological polar surface area (TPSA) is 163 Å². The lowest BCUT2D eigenvalue weighted by atomic mass is 10.1. The van der Waals surface area contributed by atoms with Crippen molar-refractivity contribution < 1.29 is 27.6 Å². The van der Waals surface area contributed by atoms with E-state index in [0.717, 1.165) is 0 Å². The zero-order valence-corrected chi connectivity index (χ0v) is 11.9. The van der Waals surface area contributed by atoms with Crippen LogP contribution in [0.2, 0.25) is 0 Å². The first kappa shape index (κ1) is 15.2. The standard InChI is InChI=1S/C10H13N5O6S/c11-22(18,19)20-2-6-7(16)8(17)10(21-6)15-4-14-5-1-12-3-13-9(5)15/h1,3-4,6-8,10,16-17H,2H2,(H2,11,18,19). The van der Waals surface area contributed by atoms with Gasteiger partial charge in [-0.2, -0.15) is 8.42 Å². The molecule has 0 saturated carbocycles. The van der Waals surface area contributed by atoms with Crippen LogP contribution in [0.25, 0.3) is 11.2 Å². The summed E-state index contributed by atoms with van der Waals surface area (Å²) in [6.07, 6.45) is -0.574. The Hall–Kier alpha value is -1.70. The Kier molecular flexibility index (Phi) is 3.80. The van der Waals surface area contributed by atoms with Gasteiger partial charge in [-0.3, -0.25) is 8.75 Å². The molecule has 3 heterocycles. The highest BCUT2D eigenvalue weighted by molar-refractivity contribution is 7.84. The summed E-state index contributed by atoms with van der Waals surface area (Å²) in [4.78, 5) is 11.9. The summed E-state index contributed by atoms with van der Waals surface area (Å²) in [5.41, 5.74) is 0.885. The molecule has 0 spiro atoms. The van der Waals surface area contributed by atoms with E-state index in [4.69, 9.17) is 9.88 Å². The molecule has 0 aromatic carbocycles. The van der Waals surface area contributed by atoms with Crippen molar-refractivity contribution in [3.63, 3.8) is 0 Å². The number of aromatic nitrogens is 4. The van der Waals surface area contributed by atoms with Gasteiger partial charge in [-0.15, -0.1) is 0 Å². The summed E-state index contributed by atoms with van der Waals surface area (Å²) in [5, 5.41) is 24.7. The Labute approximate surface area is 124 Å². The molecule has 120 valence electrons. The molecule has 0 bridgehead atoms. The molecule has 2 aromatic heterocycles. The molecule has 22 heavy (non-hydrogen) atoms. The highest BCUT2D eigenvalue weighted by atomic mass is 32.2. The summed E-state index contributed by atoms with van der Waals surface area (Å²) in [5.74, 6) is 0. The van der Waals surface area contributed by atoms with Crippen LogP contribution in [0.15, 0.2) is 18.9 Å². The van der Waals surface area contributed by atoms with E-state index in [2.05, 4.69) is 19.1 Å². The van der Waals surface area contributed by atoms with E-state index >= 15 is 0 Å². The van der Waals surface area contributed by atoms with E-state index in [9.17, 15) is 18.6 Å². The van der Waals surface area contributed by atoms with Crippen molar-refractivity contribution in [3.8, 4) is 0 Å². The summed E-state index contributed by atoms with van der Waals surface area (Å²) in [6, 6.07) is 0. The van der Waals surface area contributed by atoms with Gasteiger partial charge in [-0.05, 0) is 0 Å². The molecule has 11 nitrogen and oxygen atoms in total. The molecule has 0 aliphatic carbocycles. The fourth-order valence-electron chi connectivity index (χ4n) is 2.23. The van der Waals surface area contributed by atoms with Crippen LogP contribution in [0.1, 0.15) is 6.23 Å². The quantitative estimate of drug-likeness (QED) is 0.557. The van der Waals surface area contributed by atoms with Gasteiger partial charge in [0.05, 0.1) is 19.1 Å². The lowest BCUT2D eigenvalue weighted by Gasteiger charge is -2.16. The zero-order chi connectivity index (χ0) is 15.9. The van der Waals surface area contributed by atoms with Crippen LogP contribution >= 0.6 is 0 Å². The second-order valence-corrected chi connectivity index (χ2v) is 5.93. The van der Waals surface area contributed by atoms with Crippen LogP contribution in [0, 0.1) is 0 Å². The average molecular weight is 331 g/mol. The lowest BCUT2D eigenvalue weighted by Crippen LogP contribution is -2.35. The fourth-order valence-corrected chi connectivity index (χ4v) is 2.55. The highest BCUT2D eigenvalue weighted by Gasteiger charge is 2.44. The van der Waals surface area contributed by atoms with Crippen LogP contribution in [0.4, 0.5) is 0 Å². The molecular formula is C10H13N5O6S. The number of nitrogens with two attached hydrogens (primary N) is 1. The third-order valence-corrected chi connectivity index (χ3v) is 3.71. The molecular weight excluding hydrogens is 318 g/mol. The second-order valence-electron chi connectivity index (χ2n) is 4.71. The molecule has 1 saturated heterocycles. The zero-order valence-electron chi connectivity index (χ0n) is 11.1. The van der Waals surface area contributed by atoms with Gasteiger partial charge in [-0.25, -0.2) is 20.1 Å². The molecule has 1 fully saturated rings. The summed E-state index contributed by atoms with van der Waals surface area (Å²) >= 11 is 0. The van der Waals surface area contributed by atoms with Gasteiger partial charge < -0.3 is 14.9 Å². The van der Waals surface area contributed by atoms with Crippen molar-refractivity contribution in [1.82, 2.24) is 19.5 Å². The van der Waals surface area contributed by atoms with E-state index in [0.29, 0.717) is 11.2 Å². The van der Waals surface area contributed by atoms with Gasteiger partial charge in [-0.1, -0.05) is 0 Å². The Morgan fingerprint density at radius 3 is 2.86 bits per heavy atom. The number of nitrogens with zero attached hydrogens (tertiary/aromatic N) is 4. The van der Waals surface area contributed by atoms with E-state index in [1.54, 1.807) is 0 Å². The number of aliphatic hydroxyl groups is 2. The average Bonchev–Trinajstić information content (AvgIpc) is 3.00.